The Hall–Kier alpha value is -3.64. The van der Waals surface area contributed by atoms with Crippen molar-refractivity contribution in [1.82, 2.24) is 19.9 Å². The van der Waals surface area contributed by atoms with Gasteiger partial charge in [-0.2, -0.15) is 5.26 Å². The number of hydrogen-bond donors (Lipinski definition) is 0. The average Bonchev–Trinajstić information content (AvgIpc) is 2.85. The molecule has 0 radical (unpaired) electrons. The summed E-state index contributed by atoms with van der Waals surface area (Å²) in [7, 11) is 0. The van der Waals surface area contributed by atoms with E-state index >= 15 is 0 Å². The maximum Gasteiger partial charge on any atom is 0.225 e. The molecule has 7 nitrogen and oxygen atoms in total. The van der Waals surface area contributed by atoms with Crippen LogP contribution in [-0.2, 0) is 4.79 Å². The molecule has 2 aromatic heterocycles. The van der Waals surface area contributed by atoms with Gasteiger partial charge < -0.3 is 9.80 Å². The number of rotatable bonds is 4. The lowest BCUT2D eigenvalue weighted by Gasteiger charge is -2.36. The number of benzene rings is 1. The Labute approximate surface area is 200 Å². The molecule has 0 aliphatic carbocycles. The molecule has 3 heterocycles. The quantitative estimate of drug-likeness (QED) is 0.550. The topological polar surface area (TPSA) is 86.0 Å². The summed E-state index contributed by atoms with van der Waals surface area (Å²) in [5, 5.41) is 10.1. The van der Waals surface area contributed by atoms with Crippen molar-refractivity contribution < 1.29 is 13.6 Å². The number of aromatic nitrogens is 3. The summed E-state index contributed by atoms with van der Waals surface area (Å²) in [4.78, 5) is 29.3. The average molecular weight is 483 g/mol. The second-order valence-corrected chi connectivity index (χ2v) is 8.56. The van der Waals surface area contributed by atoms with E-state index in [2.05, 4.69) is 16.0 Å². The Morgan fingerprint density at radius 3 is 2.44 bits per heavy atom. The first-order valence-electron chi connectivity index (χ1n) is 10.7. The molecule has 10 heteroatoms. The van der Waals surface area contributed by atoms with Crippen molar-refractivity contribution in [3.63, 3.8) is 0 Å². The van der Waals surface area contributed by atoms with Crippen LogP contribution in [-0.4, -0.2) is 51.9 Å². The van der Waals surface area contributed by atoms with Gasteiger partial charge in [-0.1, -0.05) is 25.4 Å². The minimum Gasteiger partial charge on any atom is -0.351 e. The molecule has 0 bridgehead atoms. The van der Waals surface area contributed by atoms with Gasteiger partial charge >= 0.3 is 0 Å². The van der Waals surface area contributed by atoms with E-state index in [0.717, 1.165) is 12.1 Å². The number of piperazine rings is 1. The molecular weight excluding hydrogens is 462 g/mol. The highest BCUT2D eigenvalue weighted by molar-refractivity contribution is 6.33. The molecule has 1 amide bonds. The van der Waals surface area contributed by atoms with Crippen molar-refractivity contribution in [3.05, 3.63) is 59.0 Å². The third-order valence-electron chi connectivity index (χ3n) is 5.59. The molecule has 0 N–H and O–H groups in total. The summed E-state index contributed by atoms with van der Waals surface area (Å²) in [6.45, 7) is 5.62. The Morgan fingerprint density at radius 1 is 1.09 bits per heavy atom. The van der Waals surface area contributed by atoms with E-state index in [-0.39, 0.29) is 28.8 Å². The lowest BCUT2D eigenvalue weighted by Crippen LogP contribution is -2.50. The van der Waals surface area contributed by atoms with Crippen molar-refractivity contribution in [2.45, 2.75) is 13.8 Å². The number of carbonyl (C=O) groups excluding carboxylic acids is 1. The summed E-state index contributed by atoms with van der Waals surface area (Å²) < 4.78 is 27.6. The van der Waals surface area contributed by atoms with Crippen LogP contribution in [0, 0.1) is 28.9 Å². The molecule has 0 unspecified atom stereocenters. The molecule has 0 atom stereocenters. The Morgan fingerprint density at radius 2 is 1.82 bits per heavy atom. The fourth-order valence-electron chi connectivity index (χ4n) is 3.83. The summed E-state index contributed by atoms with van der Waals surface area (Å²) in [5.74, 6) is -1.72. The van der Waals surface area contributed by atoms with E-state index in [0.29, 0.717) is 48.3 Å². The predicted octanol–water partition coefficient (Wildman–Crippen LogP) is 4.31. The van der Waals surface area contributed by atoms with Gasteiger partial charge in [-0.05, 0) is 24.3 Å². The zero-order chi connectivity index (χ0) is 24.4. The highest BCUT2D eigenvalue weighted by Gasteiger charge is 2.27. The van der Waals surface area contributed by atoms with Gasteiger partial charge in [0.25, 0.3) is 0 Å². The highest BCUT2D eigenvalue weighted by atomic mass is 35.5. The Kier molecular flexibility index (Phi) is 6.70. The smallest absolute Gasteiger partial charge is 0.225 e. The maximum atomic E-state index is 14.0. The first kappa shape index (κ1) is 23.5. The molecule has 0 saturated carbocycles. The molecule has 4 rings (SSSR count). The van der Waals surface area contributed by atoms with E-state index in [1.54, 1.807) is 11.0 Å². The number of carbonyl (C=O) groups is 1. The van der Waals surface area contributed by atoms with Crippen LogP contribution in [0.25, 0.3) is 22.5 Å². The third-order valence-corrected chi connectivity index (χ3v) is 5.89. The molecule has 0 spiro atoms. The second kappa shape index (κ2) is 9.69. The SMILES string of the molecule is CC(C)C(=O)N1CCN(c2nc(-c3ccncc3Cl)c(-c3ccc(F)c(F)c3)nc2C#N)CC1. The molecule has 1 aromatic carbocycles. The van der Waals surface area contributed by atoms with Gasteiger partial charge in [0.2, 0.25) is 5.91 Å². The Balaban J connectivity index is 1.81. The summed E-state index contributed by atoms with van der Waals surface area (Å²) >= 11 is 6.38. The maximum absolute atomic E-state index is 14.0. The number of hydrogen-bond acceptors (Lipinski definition) is 6. The lowest BCUT2D eigenvalue weighted by molar-refractivity contribution is -0.134. The Bertz CT molecular complexity index is 1280. The molecule has 1 aliphatic rings. The fourth-order valence-corrected chi connectivity index (χ4v) is 4.03. The fraction of sp³-hybridized carbons (Fsp3) is 0.292. The van der Waals surface area contributed by atoms with Crippen LogP contribution in [0.3, 0.4) is 0 Å². The van der Waals surface area contributed by atoms with Crippen LogP contribution >= 0.6 is 11.6 Å². The van der Waals surface area contributed by atoms with Crippen LogP contribution in [0.5, 0.6) is 0 Å². The lowest BCUT2D eigenvalue weighted by atomic mass is 10.0. The minimum absolute atomic E-state index is 0.0392. The minimum atomic E-state index is -1.04. The molecule has 174 valence electrons. The molecule has 1 saturated heterocycles. The molecule has 1 aliphatic heterocycles. The van der Waals surface area contributed by atoms with Gasteiger partial charge in [0.1, 0.15) is 11.8 Å². The first-order valence-corrected chi connectivity index (χ1v) is 11.1. The van der Waals surface area contributed by atoms with Gasteiger partial charge in [0.15, 0.2) is 23.1 Å². The van der Waals surface area contributed by atoms with Crippen LogP contribution in [0.1, 0.15) is 19.5 Å². The van der Waals surface area contributed by atoms with Crippen molar-refractivity contribution in [2.24, 2.45) is 5.92 Å². The largest absolute Gasteiger partial charge is 0.351 e. The normalized spacial score (nSPS) is 13.8. The summed E-state index contributed by atoms with van der Waals surface area (Å²) in [6, 6.07) is 7.09. The van der Waals surface area contributed by atoms with Crippen molar-refractivity contribution in [1.29, 1.82) is 5.26 Å². The van der Waals surface area contributed by atoms with Crippen LogP contribution < -0.4 is 4.90 Å². The van der Waals surface area contributed by atoms with Gasteiger partial charge in [0, 0.05) is 55.6 Å². The molecule has 1 fully saturated rings. The standard InChI is InChI=1S/C24H21ClF2N6O/c1-14(2)24(34)33-9-7-32(8-10-33)23-20(12-28)30-21(15-3-4-18(26)19(27)11-15)22(31-23)16-5-6-29-13-17(16)25/h3-6,11,13-14H,7-10H2,1-2H3. The molecular formula is C24H21ClF2N6O. The monoisotopic (exact) mass is 482 g/mol. The zero-order valence-electron chi connectivity index (χ0n) is 18.6. The number of nitrogens with zero attached hydrogens (tertiary/aromatic N) is 6. The molecule has 3 aromatic rings. The van der Waals surface area contributed by atoms with Crippen molar-refractivity contribution >= 4 is 23.3 Å². The summed E-state index contributed by atoms with van der Waals surface area (Å²) in [5.41, 5.74) is 1.29. The van der Waals surface area contributed by atoms with Crippen LogP contribution in [0.15, 0.2) is 36.7 Å². The molecule has 34 heavy (non-hydrogen) atoms. The number of amides is 1. The summed E-state index contributed by atoms with van der Waals surface area (Å²) in [6.07, 6.45) is 2.98. The predicted molar refractivity (Wildman–Crippen MR) is 124 cm³/mol. The third kappa shape index (κ3) is 4.54. The van der Waals surface area contributed by atoms with E-state index in [1.165, 1.54) is 18.5 Å². The highest BCUT2D eigenvalue weighted by Crippen LogP contribution is 2.36. The van der Waals surface area contributed by atoms with Gasteiger partial charge in [-0.25, -0.2) is 18.7 Å². The number of halogens is 3. The number of nitriles is 1. The van der Waals surface area contributed by atoms with Crippen molar-refractivity contribution in [3.8, 4) is 28.6 Å². The number of anilines is 1. The first-order chi connectivity index (χ1) is 16.3. The van der Waals surface area contributed by atoms with E-state index in [9.17, 15) is 18.8 Å². The van der Waals surface area contributed by atoms with Gasteiger partial charge in [-0.3, -0.25) is 9.78 Å². The van der Waals surface area contributed by atoms with Gasteiger partial charge in [0.05, 0.1) is 10.7 Å². The second-order valence-electron chi connectivity index (χ2n) is 8.16. The van der Waals surface area contributed by atoms with E-state index in [1.807, 2.05) is 18.7 Å². The van der Waals surface area contributed by atoms with Crippen LogP contribution in [0.4, 0.5) is 14.6 Å². The van der Waals surface area contributed by atoms with E-state index in [4.69, 9.17) is 16.6 Å². The van der Waals surface area contributed by atoms with Gasteiger partial charge in [-0.15, -0.1) is 0 Å². The zero-order valence-corrected chi connectivity index (χ0v) is 19.4. The van der Waals surface area contributed by atoms with Crippen LogP contribution in [0.2, 0.25) is 5.02 Å². The van der Waals surface area contributed by atoms with Crippen molar-refractivity contribution in [2.75, 3.05) is 31.1 Å². The van der Waals surface area contributed by atoms with E-state index < -0.39 is 11.6 Å². The number of pyridine rings is 1.